The summed E-state index contributed by atoms with van der Waals surface area (Å²) in [5.74, 6) is -0.363. The Labute approximate surface area is 142 Å². The number of hydrogen-bond donors (Lipinski definition) is 1. The van der Waals surface area contributed by atoms with Crippen molar-refractivity contribution in [2.24, 2.45) is 0 Å². The van der Waals surface area contributed by atoms with Gasteiger partial charge in [-0.1, -0.05) is 18.2 Å². The maximum Gasteiger partial charge on any atom is 0.275 e. The topological polar surface area (TPSA) is 72.2 Å². The molecule has 4 rings (SSSR count). The van der Waals surface area contributed by atoms with Crippen molar-refractivity contribution < 1.29 is 9.18 Å². The highest BCUT2D eigenvalue weighted by Gasteiger charge is 2.13. The maximum absolute atomic E-state index is 14.0. The third-order valence-electron chi connectivity index (χ3n) is 3.65. The number of amides is 1. The number of hydrogen-bond acceptors (Lipinski definition) is 4. The zero-order valence-electron chi connectivity index (χ0n) is 12.9. The highest BCUT2D eigenvalue weighted by molar-refractivity contribution is 6.02. The number of carbonyl (C=O) groups is 1. The highest BCUT2D eigenvalue weighted by atomic mass is 19.1. The van der Waals surface area contributed by atoms with E-state index in [1.54, 1.807) is 48.5 Å². The standard InChI is InChI=1S/C18H12FN5O/c19-13-6-2-1-5-12(13)14-8-9-16-21-11-17(24(16)23-14)22-18(25)15-7-3-4-10-20-15/h1-11H,(H,22,25). The summed E-state index contributed by atoms with van der Waals surface area (Å²) in [5, 5.41) is 7.11. The van der Waals surface area contributed by atoms with Crippen LogP contribution in [-0.2, 0) is 0 Å². The van der Waals surface area contributed by atoms with E-state index in [0.717, 1.165) is 0 Å². The van der Waals surface area contributed by atoms with Gasteiger partial charge in [-0.15, -0.1) is 0 Å². The lowest BCUT2D eigenvalue weighted by molar-refractivity contribution is 0.102. The van der Waals surface area contributed by atoms with Gasteiger partial charge in [0.2, 0.25) is 0 Å². The zero-order valence-corrected chi connectivity index (χ0v) is 12.9. The van der Waals surface area contributed by atoms with E-state index in [1.165, 1.54) is 23.0 Å². The van der Waals surface area contributed by atoms with Crippen molar-refractivity contribution in [2.75, 3.05) is 5.32 Å². The number of halogens is 1. The summed E-state index contributed by atoms with van der Waals surface area (Å²) >= 11 is 0. The van der Waals surface area contributed by atoms with Crippen molar-refractivity contribution in [3.63, 3.8) is 0 Å². The Morgan fingerprint density at radius 2 is 1.84 bits per heavy atom. The number of benzene rings is 1. The lowest BCUT2D eigenvalue weighted by atomic mass is 10.1. The first kappa shape index (κ1) is 14.9. The number of carbonyl (C=O) groups excluding carboxylic acids is 1. The van der Waals surface area contributed by atoms with E-state index in [9.17, 15) is 9.18 Å². The fraction of sp³-hybridized carbons (Fsp3) is 0. The van der Waals surface area contributed by atoms with E-state index >= 15 is 0 Å². The molecule has 25 heavy (non-hydrogen) atoms. The molecule has 0 aliphatic rings. The lowest BCUT2D eigenvalue weighted by Crippen LogP contribution is -2.15. The van der Waals surface area contributed by atoms with Gasteiger partial charge < -0.3 is 5.32 Å². The van der Waals surface area contributed by atoms with Crippen molar-refractivity contribution in [2.45, 2.75) is 0 Å². The van der Waals surface area contributed by atoms with E-state index in [4.69, 9.17) is 0 Å². The van der Waals surface area contributed by atoms with E-state index in [0.29, 0.717) is 22.7 Å². The molecule has 1 amide bonds. The number of nitrogens with zero attached hydrogens (tertiary/aromatic N) is 4. The monoisotopic (exact) mass is 333 g/mol. The Morgan fingerprint density at radius 3 is 2.64 bits per heavy atom. The van der Waals surface area contributed by atoms with Gasteiger partial charge in [-0.05, 0) is 36.4 Å². The van der Waals surface area contributed by atoms with Crippen LogP contribution < -0.4 is 5.32 Å². The van der Waals surface area contributed by atoms with Gasteiger partial charge in [-0.25, -0.2) is 9.37 Å². The van der Waals surface area contributed by atoms with Gasteiger partial charge in [0.05, 0.1) is 11.9 Å². The first-order chi connectivity index (χ1) is 12.2. The third kappa shape index (κ3) is 2.83. The van der Waals surface area contributed by atoms with Crippen LogP contribution in [-0.4, -0.2) is 25.5 Å². The van der Waals surface area contributed by atoms with Crippen molar-refractivity contribution in [1.82, 2.24) is 19.6 Å². The van der Waals surface area contributed by atoms with Crippen molar-refractivity contribution in [3.05, 3.63) is 78.5 Å². The van der Waals surface area contributed by atoms with E-state index in [-0.39, 0.29) is 17.4 Å². The van der Waals surface area contributed by atoms with Gasteiger partial charge in [0.25, 0.3) is 5.91 Å². The molecule has 3 aromatic heterocycles. The molecule has 1 aromatic carbocycles. The second-order valence-electron chi connectivity index (χ2n) is 5.28. The average molecular weight is 333 g/mol. The number of nitrogens with one attached hydrogen (secondary N) is 1. The summed E-state index contributed by atoms with van der Waals surface area (Å²) in [6.45, 7) is 0. The second kappa shape index (κ2) is 6.12. The van der Waals surface area contributed by atoms with Crippen LogP contribution >= 0.6 is 0 Å². The Morgan fingerprint density at radius 1 is 1.00 bits per heavy atom. The predicted molar refractivity (Wildman–Crippen MR) is 90.6 cm³/mol. The molecule has 0 atom stereocenters. The van der Waals surface area contributed by atoms with Crippen LogP contribution in [0.25, 0.3) is 16.9 Å². The molecule has 0 bridgehead atoms. The van der Waals surface area contributed by atoms with Gasteiger partial charge in [-0.2, -0.15) is 9.61 Å². The van der Waals surface area contributed by atoms with E-state index < -0.39 is 0 Å². The zero-order chi connectivity index (χ0) is 17.2. The number of rotatable bonds is 3. The quantitative estimate of drug-likeness (QED) is 0.625. The molecule has 7 heteroatoms. The summed E-state index contributed by atoms with van der Waals surface area (Å²) in [6.07, 6.45) is 3.03. The molecule has 0 aliphatic carbocycles. The smallest absolute Gasteiger partial charge is 0.275 e. The Balaban J connectivity index is 1.72. The highest BCUT2D eigenvalue weighted by Crippen LogP contribution is 2.22. The number of pyridine rings is 1. The maximum atomic E-state index is 14.0. The minimum absolute atomic E-state index is 0.280. The SMILES string of the molecule is O=C(Nc1cnc2ccc(-c3ccccc3F)nn12)c1ccccn1. The van der Waals surface area contributed by atoms with Crippen LogP contribution in [0.15, 0.2) is 67.0 Å². The predicted octanol–water partition coefficient (Wildman–Crippen LogP) is 3.18. The van der Waals surface area contributed by atoms with Crippen molar-refractivity contribution in [3.8, 4) is 11.3 Å². The molecular formula is C18H12FN5O. The van der Waals surface area contributed by atoms with Crippen LogP contribution in [0.2, 0.25) is 0 Å². The third-order valence-corrected chi connectivity index (χ3v) is 3.65. The molecule has 3 heterocycles. The molecule has 4 aromatic rings. The number of imidazole rings is 1. The van der Waals surface area contributed by atoms with E-state index in [2.05, 4.69) is 20.4 Å². The van der Waals surface area contributed by atoms with Crippen molar-refractivity contribution >= 4 is 17.4 Å². The Hall–Kier alpha value is -3.61. The summed E-state index contributed by atoms with van der Waals surface area (Å²) in [5.41, 5.74) is 1.64. The number of anilines is 1. The normalized spacial score (nSPS) is 10.8. The molecule has 0 saturated heterocycles. The van der Waals surface area contributed by atoms with Crippen LogP contribution in [0.3, 0.4) is 0 Å². The molecule has 0 aliphatic heterocycles. The molecule has 0 fully saturated rings. The summed E-state index contributed by atoms with van der Waals surface area (Å²) in [7, 11) is 0. The Bertz CT molecular complexity index is 1060. The van der Waals surface area contributed by atoms with Gasteiger partial charge in [0.1, 0.15) is 11.5 Å². The van der Waals surface area contributed by atoms with Gasteiger partial charge in [-0.3, -0.25) is 9.78 Å². The molecule has 0 unspecified atom stereocenters. The van der Waals surface area contributed by atoms with Crippen molar-refractivity contribution in [1.29, 1.82) is 0 Å². The molecule has 0 radical (unpaired) electrons. The fourth-order valence-electron chi connectivity index (χ4n) is 2.45. The minimum atomic E-state index is -0.375. The van der Waals surface area contributed by atoms with Crippen LogP contribution in [0.1, 0.15) is 10.5 Å². The van der Waals surface area contributed by atoms with E-state index in [1.807, 2.05) is 0 Å². The average Bonchev–Trinajstić information content (AvgIpc) is 3.05. The summed E-state index contributed by atoms with van der Waals surface area (Å²) in [4.78, 5) is 20.5. The minimum Gasteiger partial charge on any atom is -0.304 e. The Kier molecular flexibility index (Phi) is 3.66. The number of fused-ring (bicyclic) bond motifs is 1. The second-order valence-corrected chi connectivity index (χ2v) is 5.28. The van der Waals surface area contributed by atoms with Crippen LogP contribution in [0.4, 0.5) is 10.2 Å². The molecule has 6 nitrogen and oxygen atoms in total. The molecule has 0 saturated carbocycles. The molecule has 122 valence electrons. The largest absolute Gasteiger partial charge is 0.304 e. The lowest BCUT2D eigenvalue weighted by Gasteiger charge is -2.06. The summed E-state index contributed by atoms with van der Waals surface area (Å²) < 4.78 is 15.5. The van der Waals surface area contributed by atoms with Crippen LogP contribution in [0, 0.1) is 5.82 Å². The van der Waals surface area contributed by atoms with Crippen LogP contribution in [0.5, 0.6) is 0 Å². The molecule has 0 spiro atoms. The first-order valence-electron chi connectivity index (χ1n) is 7.54. The first-order valence-corrected chi connectivity index (χ1v) is 7.54. The van der Waals surface area contributed by atoms with Gasteiger partial charge >= 0.3 is 0 Å². The molecular weight excluding hydrogens is 321 g/mol. The van der Waals surface area contributed by atoms with Gasteiger partial charge in [0, 0.05) is 11.8 Å². The molecule has 1 N–H and O–H groups in total. The fourth-order valence-corrected chi connectivity index (χ4v) is 2.45. The van der Waals surface area contributed by atoms with Gasteiger partial charge in [0.15, 0.2) is 11.5 Å². The number of aromatic nitrogens is 4. The summed E-state index contributed by atoms with van der Waals surface area (Å²) in [6, 6.07) is 14.8.